The number of carboxylic acids is 1. The van der Waals surface area contributed by atoms with Gasteiger partial charge in [0.2, 0.25) is 0 Å². The molecule has 0 aromatic heterocycles. The van der Waals surface area contributed by atoms with Crippen molar-refractivity contribution in [2.45, 2.75) is 116 Å². The van der Waals surface area contributed by atoms with Gasteiger partial charge in [-0.15, -0.1) is 0 Å². The van der Waals surface area contributed by atoms with E-state index in [4.69, 9.17) is 9.47 Å². The molecule has 4 unspecified atom stereocenters. The Labute approximate surface area is 176 Å². The number of ether oxygens (including phenoxy) is 2. The highest BCUT2D eigenvalue weighted by molar-refractivity contribution is 5.73. The third kappa shape index (κ3) is 8.39. The van der Waals surface area contributed by atoms with E-state index in [2.05, 4.69) is 26.0 Å². The van der Waals surface area contributed by atoms with Gasteiger partial charge in [-0.1, -0.05) is 32.4 Å². The van der Waals surface area contributed by atoms with Crippen LogP contribution in [0.25, 0.3) is 0 Å². The van der Waals surface area contributed by atoms with Crippen LogP contribution in [0.4, 0.5) is 0 Å². The van der Waals surface area contributed by atoms with E-state index in [1.54, 1.807) is 13.8 Å². The van der Waals surface area contributed by atoms with Crippen LogP contribution in [0.3, 0.4) is 0 Å². The summed E-state index contributed by atoms with van der Waals surface area (Å²) in [6.07, 6.45) is 15.3. The zero-order chi connectivity index (χ0) is 21.5. The predicted molar refractivity (Wildman–Crippen MR) is 115 cm³/mol. The van der Waals surface area contributed by atoms with E-state index in [-0.39, 0.29) is 30.3 Å². The smallest absolute Gasteiger partial charge is 0.309 e. The Balaban J connectivity index is 1.62. The van der Waals surface area contributed by atoms with Crippen LogP contribution in [0.1, 0.15) is 91.9 Å². The molecule has 5 heteroatoms. The molecule has 0 saturated carbocycles. The topological polar surface area (TPSA) is 76.0 Å². The van der Waals surface area contributed by atoms with Crippen LogP contribution in [-0.4, -0.2) is 47.2 Å². The van der Waals surface area contributed by atoms with Crippen LogP contribution in [0.15, 0.2) is 12.2 Å². The van der Waals surface area contributed by atoms with Crippen molar-refractivity contribution in [1.82, 2.24) is 0 Å². The molecule has 2 saturated heterocycles. The highest BCUT2D eigenvalue weighted by Crippen LogP contribution is 2.31. The Morgan fingerprint density at radius 1 is 0.897 bits per heavy atom. The van der Waals surface area contributed by atoms with E-state index in [0.717, 1.165) is 57.8 Å². The number of hydrogen-bond acceptors (Lipinski definition) is 4. The van der Waals surface area contributed by atoms with Gasteiger partial charge in [0, 0.05) is 6.61 Å². The first kappa shape index (κ1) is 24.4. The zero-order valence-corrected chi connectivity index (χ0v) is 18.9. The molecule has 0 aliphatic carbocycles. The molecule has 0 amide bonds. The second-order valence-corrected chi connectivity index (χ2v) is 10.4. The molecule has 2 aliphatic rings. The lowest BCUT2D eigenvalue weighted by Crippen LogP contribution is -2.24. The van der Waals surface area contributed by atoms with Crippen molar-refractivity contribution < 1.29 is 24.5 Å². The summed E-state index contributed by atoms with van der Waals surface area (Å²) in [7, 11) is 0. The second-order valence-electron chi connectivity index (χ2n) is 10.4. The fourth-order valence-corrected chi connectivity index (χ4v) is 4.19. The number of aliphatic hydroxyl groups is 1. The number of aliphatic hydroxyl groups excluding tert-OH is 1. The van der Waals surface area contributed by atoms with E-state index < -0.39 is 11.4 Å². The normalized spacial score (nSPS) is 28.4. The molecule has 168 valence electrons. The van der Waals surface area contributed by atoms with Gasteiger partial charge in [0.25, 0.3) is 0 Å². The highest BCUT2D eigenvalue weighted by Gasteiger charge is 2.29. The van der Waals surface area contributed by atoms with Crippen LogP contribution < -0.4 is 0 Å². The van der Waals surface area contributed by atoms with Gasteiger partial charge in [-0.05, 0) is 77.0 Å². The Hall–Kier alpha value is -0.910. The van der Waals surface area contributed by atoms with Crippen LogP contribution >= 0.6 is 0 Å². The molecule has 5 nitrogen and oxygen atoms in total. The van der Waals surface area contributed by atoms with Gasteiger partial charge < -0.3 is 19.7 Å². The molecule has 2 heterocycles. The standard InChI is InChI=1S/C24H42O5/c1-23(2,17-25)15-5-7-18-9-11-20(28-18)13-14-21-12-10-19(29-21)8-6-16-24(3,4)22(26)27/h13-14,18-21,25H,5-12,15-17H2,1-4H3,(H,26,27). The first-order valence-electron chi connectivity index (χ1n) is 11.4. The third-order valence-corrected chi connectivity index (χ3v) is 6.54. The third-order valence-electron chi connectivity index (χ3n) is 6.54. The van der Waals surface area contributed by atoms with Crippen LogP contribution in [0, 0.1) is 10.8 Å². The van der Waals surface area contributed by atoms with Crippen molar-refractivity contribution in [2.75, 3.05) is 6.61 Å². The number of carbonyl (C=O) groups is 1. The number of rotatable bonds is 12. The number of aliphatic carboxylic acids is 1. The molecule has 2 fully saturated rings. The quantitative estimate of drug-likeness (QED) is 0.437. The molecule has 0 bridgehead atoms. The summed E-state index contributed by atoms with van der Waals surface area (Å²) in [5.74, 6) is -0.724. The average Bonchev–Trinajstić information content (AvgIpc) is 3.29. The SMILES string of the molecule is CC(C)(CO)CCCC1CCC(C=CC2CCC(CCCC(C)(C)C(=O)O)O2)O1. The van der Waals surface area contributed by atoms with E-state index in [9.17, 15) is 15.0 Å². The van der Waals surface area contributed by atoms with Gasteiger partial charge in [0.05, 0.1) is 29.8 Å². The lowest BCUT2D eigenvalue weighted by atomic mass is 9.87. The lowest BCUT2D eigenvalue weighted by Gasteiger charge is -2.22. The van der Waals surface area contributed by atoms with E-state index in [0.29, 0.717) is 12.5 Å². The fourth-order valence-electron chi connectivity index (χ4n) is 4.19. The monoisotopic (exact) mass is 410 g/mol. The summed E-state index contributed by atoms with van der Waals surface area (Å²) in [5.41, 5.74) is -0.639. The van der Waals surface area contributed by atoms with Gasteiger partial charge in [0.15, 0.2) is 0 Å². The molecule has 0 spiro atoms. The molecule has 0 radical (unpaired) electrons. The zero-order valence-electron chi connectivity index (χ0n) is 18.9. The molecule has 2 N–H and O–H groups in total. The second kappa shape index (κ2) is 10.9. The first-order valence-corrected chi connectivity index (χ1v) is 11.4. The summed E-state index contributed by atoms with van der Waals surface area (Å²) in [5, 5.41) is 18.6. The summed E-state index contributed by atoms with van der Waals surface area (Å²) in [6.45, 7) is 8.03. The van der Waals surface area contributed by atoms with Gasteiger partial charge in [-0.25, -0.2) is 0 Å². The number of carboxylic acid groups (broad SMARTS) is 1. The Morgan fingerprint density at radius 3 is 1.83 bits per heavy atom. The molecule has 0 aromatic carbocycles. The maximum atomic E-state index is 11.2. The molecule has 29 heavy (non-hydrogen) atoms. The molecule has 4 atom stereocenters. The Kier molecular flexibility index (Phi) is 9.17. The number of hydrogen-bond donors (Lipinski definition) is 2. The summed E-state index contributed by atoms with van der Waals surface area (Å²) in [4.78, 5) is 11.2. The molecular weight excluding hydrogens is 368 g/mol. The lowest BCUT2D eigenvalue weighted by molar-refractivity contribution is -0.147. The molecule has 2 aliphatic heterocycles. The predicted octanol–water partition coefficient (Wildman–Crippen LogP) is 5.11. The molecule has 0 aromatic rings. The van der Waals surface area contributed by atoms with E-state index in [1.165, 1.54) is 0 Å². The Morgan fingerprint density at radius 2 is 1.38 bits per heavy atom. The van der Waals surface area contributed by atoms with Crippen molar-refractivity contribution in [1.29, 1.82) is 0 Å². The van der Waals surface area contributed by atoms with Gasteiger partial charge in [0.1, 0.15) is 0 Å². The summed E-state index contributed by atoms with van der Waals surface area (Å²) >= 11 is 0. The maximum Gasteiger partial charge on any atom is 0.309 e. The fraction of sp³-hybridized carbons (Fsp3) is 0.875. The van der Waals surface area contributed by atoms with E-state index in [1.807, 2.05) is 0 Å². The van der Waals surface area contributed by atoms with Crippen molar-refractivity contribution >= 4 is 5.97 Å². The first-order chi connectivity index (χ1) is 13.6. The highest BCUT2D eigenvalue weighted by atomic mass is 16.5. The minimum atomic E-state index is -0.724. The largest absolute Gasteiger partial charge is 0.481 e. The Bertz CT molecular complexity index is 539. The maximum absolute atomic E-state index is 11.2. The van der Waals surface area contributed by atoms with Crippen LogP contribution in [0.2, 0.25) is 0 Å². The summed E-state index contributed by atoms with van der Waals surface area (Å²) < 4.78 is 12.3. The van der Waals surface area contributed by atoms with Crippen molar-refractivity contribution in [3.8, 4) is 0 Å². The van der Waals surface area contributed by atoms with E-state index >= 15 is 0 Å². The molecule has 2 rings (SSSR count). The van der Waals surface area contributed by atoms with Crippen molar-refractivity contribution in [2.24, 2.45) is 10.8 Å². The van der Waals surface area contributed by atoms with Gasteiger partial charge in [-0.3, -0.25) is 4.79 Å². The van der Waals surface area contributed by atoms with Crippen LogP contribution in [-0.2, 0) is 14.3 Å². The van der Waals surface area contributed by atoms with Crippen molar-refractivity contribution in [3.05, 3.63) is 12.2 Å². The minimum Gasteiger partial charge on any atom is -0.481 e. The van der Waals surface area contributed by atoms with Crippen LogP contribution in [0.5, 0.6) is 0 Å². The summed E-state index contributed by atoms with van der Waals surface area (Å²) in [6, 6.07) is 0. The van der Waals surface area contributed by atoms with Crippen molar-refractivity contribution in [3.63, 3.8) is 0 Å². The molecular formula is C24H42O5. The van der Waals surface area contributed by atoms with Gasteiger partial charge in [-0.2, -0.15) is 0 Å². The average molecular weight is 411 g/mol. The minimum absolute atomic E-state index is 0.0115. The van der Waals surface area contributed by atoms with Gasteiger partial charge >= 0.3 is 5.97 Å².